The first-order valence-corrected chi connectivity index (χ1v) is 4.15. The molecule has 0 unspecified atom stereocenters. The average molecular weight is 214 g/mol. The van der Waals surface area contributed by atoms with Crippen molar-refractivity contribution in [3.63, 3.8) is 0 Å². The first-order chi connectivity index (χ1) is 6.45. The molecule has 0 aromatic heterocycles. The second kappa shape index (κ2) is 3.67. The van der Waals surface area contributed by atoms with Crippen LogP contribution in [0.2, 0.25) is 5.02 Å². The summed E-state index contributed by atoms with van der Waals surface area (Å²) in [5.41, 5.74) is 5.22. The smallest absolute Gasteiger partial charge is 0.336 e. The molecule has 1 aromatic carbocycles. The number of carboxylic acid groups (broad SMARTS) is 1. The number of nitrogens with two attached hydrogens (primary N) is 1. The van der Waals surface area contributed by atoms with Gasteiger partial charge in [-0.1, -0.05) is 17.7 Å². The third-order valence-corrected chi connectivity index (χ3v) is 2.14. The quantitative estimate of drug-likeness (QED) is 0.780. The molecule has 74 valence electrons. The number of carbonyl (C=O) groups excluding carboxylic acids is 1. The van der Waals surface area contributed by atoms with Gasteiger partial charge in [-0.2, -0.15) is 0 Å². The Morgan fingerprint density at radius 2 is 1.93 bits per heavy atom. The molecular weight excluding hydrogens is 206 g/mol. The second-order valence-corrected chi connectivity index (χ2v) is 3.19. The van der Waals surface area contributed by atoms with Crippen molar-refractivity contribution in [3.05, 3.63) is 33.8 Å². The molecule has 1 amide bonds. The van der Waals surface area contributed by atoms with Crippen LogP contribution in [-0.2, 0) is 0 Å². The van der Waals surface area contributed by atoms with Crippen molar-refractivity contribution in [2.24, 2.45) is 5.73 Å². The number of rotatable bonds is 2. The fraction of sp³-hybridized carbons (Fsp3) is 0.111. The van der Waals surface area contributed by atoms with Crippen molar-refractivity contribution < 1.29 is 14.7 Å². The highest BCUT2D eigenvalue weighted by molar-refractivity contribution is 6.34. The molecule has 0 heterocycles. The van der Waals surface area contributed by atoms with Crippen LogP contribution in [0.25, 0.3) is 0 Å². The highest BCUT2D eigenvalue weighted by Crippen LogP contribution is 2.22. The highest BCUT2D eigenvalue weighted by atomic mass is 35.5. The molecule has 0 radical (unpaired) electrons. The molecular formula is C9H8ClNO3. The highest BCUT2D eigenvalue weighted by Gasteiger charge is 2.19. The van der Waals surface area contributed by atoms with Crippen LogP contribution in [0, 0.1) is 6.92 Å². The van der Waals surface area contributed by atoms with Crippen LogP contribution in [0.3, 0.4) is 0 Å². The maximum atomic E-state index is 11.0. The molecule has 5 heteroatoms. The Balaban J connectivity index is 3.58. The van der Waals surface area contributed by atoms with Crippen LogP contribution in [-0.4, -0.2) is 17.0 Å². The molecule has 1 rings (SSSR count). The van der Waals surface area contributed by atoms with E-state index in [0.29, 0.717) is 5.56 Å². The molecule has 3 N–H and O–H groups in total. The molecule has 1 aromatic rings. The normalized spacial score (nSPS) is 9.86. The number of primary amides is 1. The van der Waals surface area contributed by atoms with E-state index in [1.54, 1.807) is 6.92 Å². The lowest BCUT2D eigenvalue weighted by Gasteiger charge is -2.07. The van der Waals surface area contributed by atoms with E-state index in [-0.39, 0.29) is 16.1 Å². The molecule has 0 saturated carbocycles. The van der Waals surface area contributed by atoms with Crippen LogP contribution >= 0.6 is 11.6 Å². The van der Waals surface area contributed by atoms with Gasteiger partial charge in [0, 0.05) is 0 Å². The van der Waals surface area contributed by atoms with Crippen molar-refractivity contribution in [2.45, 2.75) is 6.92 Å². The van der Waals surface area contributed by atoms with E-state index >= 15 is 0 Å². The number of halogens is 1. The molecule has 0 fully saturated rings. The molecule has 0 aliphatic carbocycles. The van der Waals surface area contributed by atoms with Gasteiger partial charge in [0.15, 0.2) is 0 Å². The van der Waals surface area contributed by atoms with Crippen LogP contribution < -0.4 is 5.73 Å². The van der Waals surface area contributed by atoms with E-state index in [0.717, 1.165) is 0 Å². The lowest BCUT2D eigenvalue weighted by Crippen LogP contribution is -2.18. The SMILES string of the molecule is Cc1ccc(Cl)c(C(N)=O)c1C(=O)O. The van der Waals surface area contributed by atoms with E-state index in [1.165, 1.54) is 12.1 Å². The van der Waals surface area contributed by atoms with E-state index in [9.17, 15) is 9.59 Å². The number of aromatic carboxylic acids is 1. The number of aryl methyl sites for hydroxylation is 1. The largest absolute Gasteiger partial charge is 0.478 e. The summed E-state index contributed by atoms with van der Waals surface area (Å²) < 4.78 is 0. The molecule has 0 aliphatic rings. The van der Waals surface area contributed by atoms with Crippen LogP contribution in [0.5, 0.6) is 0 Å². The fourth-order valence-corrected chi connectivity index (χ4v) is 1.45. The zero-order chi connectivity index (χ0) is 10.9. The summed E-state index contributed by atoms with van der Waals surface area (Å²) in [7, 11) is 0. The minimum atomic E-state index is -1.21. The van der Waals surface area contributed by atoms with Gasteiger partial charge in [0.1, 0.15) is 0 Å². The minimum Gasteiger partial charge on any atom is -0.478 e. The van der Waals surface area contributed by atoms with E-state index < -0.39 is 11.9 Å². The predicted molar refractivity (Wildman–Crippen MR) is 51.7 cm³/mol. The maximum absolute atomic E-state index is 11.0. The summed E-state index contributed by atoms with van der Waals surface area (Å²) >= 11 is 5.68. The zero-order valence-electron chi connectivity index (χ0n) is 7.37. The number of carbonyl (C=O) groups is 2. The van der Waals surface area contributed by atoms with Crippen molar-refractivity contribution in [1.29, 1.82) is 0 Å². The topological polar surface area (TPSA) is 80.4 Å². The maximum Gasteiger partial charge on any atom is 0.336 e. The Hall–Kier alpha value is -1.55. The fourth-order valence-electron chi connectivity index (χ4n) is 1.20. The third-order valence-electron chi connectivity index (χ3n) is 1.82. The summed E-state index contributed by atoms with van der Waals surface area (Å²) in [6.45, 7) is 1.58. The Kier molecular flexibility index (Phi) is 2.76. The van der Waals surface area contributed by atoms with Gasteiger partial charge in [-0.05, 0) is 18.6 Å². The standard InChI is InChI=1S/C9H8ClNO3/c1-4-2-3-5(10)7(8(11)12)6(4)9(13)14/h2-3H,1H3,(H2,11,12)(H,13,14). The van der Waals surface area contributed by atoms with E-state index in [4.69, 9.17) is 22.4 Å². The van der Waals surface area contributed by atoms with E-state index in [1.807, 2.05) is 0 Å². The van der Waals surface area contributed by atoms with Crippen LogP contribution in [0.1, 0.15) is 26.3 Å². The van der Waals surface area contributed by atoms with Crippen molar-refractivity contribution in [1.82, 2.24) is 0 Å². The summed E-state index contributed by atoms with van der Waals surface area (Å²) in [5, 5.41) is 8.91. The predicted octanol–water partition coefficient (Wildman–Crippen LogP) is 1.45. The summed E-state index contributed by atoms with van der Waals surface area (Å²) in [5.74, 6) is -2.05. The lowest BCUT2D eigenvalue weighted by molar-refractivity contribution is 0.0691. The summed E-state index contributed by atoms with van der Waals surface area (Å²) in [6.07, 6.45) is 0. The van der Waals surface area contributed by atoms with Gasteiger partial charge in [-0.3, -0.25) is 4.79 Å². The second-order valence-electron chi connectivity index (χ2n) is 2.78. The Bertz CT molecular complexity index is 376. The molecule has 0 bridgehead atoms. The van der Waals surface area contributed by atoms with Gasteiger partial charge in [0.2, 0.25) is 0 Å². The molecule has 4 nitrogen and oxygen atoms in total. The zero-order valence-corrected chi connectivity index (χ0v) is 8.13. The van der Waals surface area contributed by atoms with Crippen molar-refractivity contribution in [3.8, 4) is 0 Å². The first kappa shape index (κ1) is 10.5. The first-order valence-electron chi connectivity index (χ1n) is 3.77. The van der Waals surface area contributed by atoms with E-state index in [2.05, 4.69) is 0 Å². The number of benzene rings is 1. The van der Waals surface area contributed by atoms with Crippen molar-refractivity contribution >= 4 is 23.5 Å². The van der Waals surface area contributed by atoms with Gasteiger partial charge in [-0.15, -0.1) is 0 Å². The van der Waals surface area contributed by atoms with Gasteiger partial charge < -0.3 is 10.8 Å². The molecule has 0 spiro atoms. The Labute approximate surface area is 85.3 Å². The molecule has 0 saturated heterocycles. The van der Waals surface area contributed by atoms with Gasteiger partial charge in [-0.25, -0.2) is 4.79 Å². The molecule has 0 atom stereocenters. The minimum absolute atomic E-state index is 0.0560. The molecule has 0 aliphatic heterocycles. The Morgan fingerprint density at radius 1 is 1.36 bits per heavy atom. The monoisotopic (exact) mass is 213 g/mol. The third kappa shape index (κ3) is 1.70. The van der Waals surface area contributed by atoms with Gasteiger partial charge in [0.25, 0.3) is 5.91 Å². The van der Waals surface area contributed by atoms with Crippen LogP contribution in [0.15, 0.2) is 12.1 Å². The van der Waals surface area contributed by atoms with Crippen molar-refractivity contribution in [2.75, 3.05) is 0 Å². The summed E-state index contributed by atoms with van der Waals surface area (Å²) in [6, 6.07) is 2.97. The number of amides is 1. The number of hydrogen-bond donors (Lipinski definition) is 2. The Morgan fingerprint density at radius 3 is 2.29 bits per heavy atom. The van der Waals surface area contributed by atoms with Crippen LogP contribution in [0.4, 0.5) is 0 Å². The lowest BCUT2D eigenvalue weighted by atomic mass is 10.0. The van der Waals surface area contributed by atoms with Gasteiger partial charge in [0.05, 0.1) is 16.1 Å². The number of hydrogen-bond acceptors (Lipinski definition) is 2. The average Bonchev–Trinajstić information content (AvgIpc) is 2.07. The molecule has 14 heavy (non-hydrogen) atoms. The number of carboxylic acids is 1. The van der Waals surface area contributed by atoms with Gasteiger partial charge >= 0.3 is 5.97 Å². The summed E-state index contributed by atoms with van der Waals surface area (Å²) in [4.78, 5) is 21.8.